The van der Waals surface area contributed by atoms with E-state index < -0.39 is 0 Å². The molecule has 1 aromatic heterocycles. The highest BCUT2D eigenvalue weighted by Crippen LogP contribution is 2.24. The minimum absolute atomic E-state index is 0.335. The molecule has 1 N–H and O–H groups in total. The van der Waals surface area contributed by atoms with E-state index in [4.69, 9.17) is 0 Å². The molecule has 0 amide bonds. The van der Waals surface area contributed by atoms with Crippen LogP contribution in [0.15, 0.2) is 35.1 Å². The van der Waals surface area contributed by atoms with E-state index in [1.165, 1.54) is 11.1 Å². The monoisotopic (exact) mass is 348 g/mol. The summed E-state index contributed by atoms with van der Waals surface area (Å²) in [6.45, 7) is 6.19. The van der Waals surface area contributed by atoms with Gasteiger partial charge in [0.15, 0.2) is 0 Å². The molecule has 1 aromatic carbocycles. The Bertz CT molecular complexity index is 622. The van der Waals surface area contributed by atoms with Crippen molar-refractivity contribution in [1.29, 1.82) is 0 Å². The summed E-state index contributed by atoms with van der Waals surface area (Å²) in [7, 11) is 2.07. The van der Waals surface area contributed by atoms with Crippen molar-refractivity contribution in [3.63, 3.8) is 0 Å². The van der Waals surface area contributed by atoms with Crippen LogP contribution in [0.1, 0.15) is 23.0 Å². The molecular weight excluding hydrogens is 328 g/mol. The molecule has 3 rings (SSSR count). The smallest absolute Gasteiger partial charge is 0.127 e. The second kappa shape index (κ2) is 6.30. The summed E-state index contributed by atoms with van der Waals surface area (Å²) in [5, 5.41) is 3.49. The quantitative estimate of drug-likeness (QED) is 0.925. The molecule has 1 fully saturated rings. The second-order valence-electron chi connectivity index (χ2n) is 5.66. The van der Waals surface area contributed by atoms with Crippen LogP contribution in [0.4, 0.5) is 0 Å². The van der Waals surface area contributed by atoms with Gasteiger partial charge >= 0.3 is 0 Å². The first kappa shape index (κ1) is 14.8. The van der Waals surface area contributed by atoms with Crippen molar-refractivity contribution in [2.45, 2.75) is 19.5 Å². The number of halogens is 1. The zero-order chi connectivity index (χ0) is 14.8. The fourth-order valence-corrected chi connectivity index (χ4v) is 3.42. The van der Waals surface area contributed by atoms with Crippen molar-refractivity contribution < 1.29 is 0 Å². The lowest BCUT2D eigenvalue weighted by molar-refractivity contribution is 0.144. The van der Waals surface area contributed by atoms with Gasteiger partial charge in [0.1, 0.15) is 5.82 Å². The molecule has 1 aliphatic rings. The minimum atomic E-state index is 0.335. The van der Waals surface area contributed by atoms with Crippen LogP contribution in [-0.4, -0.2) is 34.1 Å². The van der Waals surface area contributed by atoms with E-state index in [0.29, 0.717) is 6.04 Å². The van der Waals surface area contributed by atoms with Crippen molar-refractivity contribution in [3.8, 4) is 0 Å². The van der Waals surface area contributed by atoms with Gasteiger partial charge in [-0.2, -0.15) is 0 Å². The zero-order valence-electron chi connectivity index (χ0n) is 12.5. The number of piperazine rings is 1. The summed E-state index contributed by atoms with van der Waals surface area (Å²) in [6.07, 6.45) is 3.90. The molecular formula is C16H21BrN4. The van der Waals surface area contributed by atoms with Crippen molar-refractivity contribution in [3.05, 3.63) is 52.0 Å². The Morgan fingerprint density at radius 1 is 1.43 bits per heavy atom. The van der Waals surface area contributed by atoms with Crippen LogP contribution < -0.4 is 5.32 Å². The van der Waals surface area contributed by atoms with Gasteiger partial charge in [-0.05, 0) is 30.2 Å². The molecule has 0 radical (unpaired) electrons. The number of aryl methyl sites for hydroxylation is 2. The van der Waals surface area contributed by atoms with Crippen molar-refractivity contribution in [1.82, 2.24) is 19.8 Å². The summed E-state index contributed by atoms with van der Waals surface area (Å²) in [5.41, 5.74) is 2.72. The Morgan fingerprint density at radius 3 is 3.00 bits per heavy atom. The van der Waals surface area contributed by atoms with Crippen LogP contribution in [0.3, 0.4) is 0 Å². The highest BCUT2D eigenvalue weighted by Gasteiger charge is 2.26. The van der Waals surface area contributed by atoms with E-state index in [1.807, 2.05) is 12.4 Å². The van der Waals surface area contributed by atoms with Gasteiger partial charge in [0.2, 0.25) is 0 Å². The van der Waals surface area contributed by atoms with E-state index in [0.717, 1.165) is 36.5 Å². The SMILES string of the molecule is Cc1cc(Br)ccc1CN1CCNCC1c1nccn1C. The number of hydrogen-bond donors (Lipinski definition) is 1. The van der Waals surface area contributed by atoms with Gasteiger partial charge in [0, 0.05) is 50.1 Å². The molecule has 2 aromatic rings. The molecule has 1 saturated heterocycles. The summed E-state index contributed by atoms with van der Waals surface area (Å²) >= 11 is 3.54. The molecule has 21 heavy (non-hydrogen) atoms. The molecule has 1 aliphatic heterocycles. The molecule has 0 aliphatic carbocycles. The van der Waals surface area contributed by atoms with Crippen LogP contribution in [0.5, 0.6) is 0 Å². The molecule has 1 unspecified atom stereocenters. The third kappa shape index (κ3) is 3.20. The first-order chi connectivity index (χ1) is 10.1. The number of nitrogens with zero attached hydrogens (tertiary/aromatic N) is 3. The number of rotatable bonds is 3. The Balaban J connectivity index is 1.83. The molecule has 0 bridgehead atoms. The van der Waals surface area contributed by atoms with E-state index in [2.05, 4.69) is 67.9 Å². The summed E-state index contributed by atoms with van der Waals surface area (Å²) in [5.74, 6) is 1.14. The normalized spacial score (nSPS) is 19.9. The topological polar surface area (TPSA) is 33.1 Å². The van der Waals surface area contributed by atoms with Crippen molar-refractivity contribution in [2.24, 2.45) is 7.05 Å². The Kier molecular flexibility index (Phi) is 4.42. The summed E-state index contributed by atoms with van der Waals surface area (Å²) in [4.78, 5) is 7.06. The summed E-state index contributed by atoms with van der Waals surface area (Å²) in [6, 6.07) is 6.87. The largest absolute Gasteiger partial charge is 0.337 e. The Hall–Kier alpha value is -1.17. The van der Waals surface area contributed by atoms with Gasteiger partial charge in [-0.1, -0.05) is 22.0 Å². The average molecular weight is 349 g/mol. The highest BCUT2D eigenvalue weighted by molar-refractivity contribution is 9.10. The minimum Gasteiger partial charge on any atom is -0.337 e. The van der Waals surface area contributed by atoms with Gasteiger partial charge in [0.05, 0.1) is 6.04 Å². The maximum absolute atomic E-state index is 4.54. The van der Waals surface area contributed by atoms with Crippen LogP contribution in [0, 0.1) is 6.92 Å². The second-order valence-corrected chi connectivity index (χ2v) is 6.57. The predicted molar refractivity (Wildman–Crippen MR) is 88.1 cm³/mol. The lowest BCUT2D eigenvalue weighted by Gasteiger charge is -2.36. The van der Waals surface area contributed by atoms with E-state index in [-0.39, 0.29) is 0 Å². The Morgan fingerprint density at radius 2 is 2.29 bits per heavy atom. The van der Waals surface area contributed by atoms with Crippen LogP contribution in [-0.2, 0) is 13.6 Å². The average Bonchev–Trinajstić information content (AvgIpc) is 2.89. The molecule has 112 valence electrons. The van der Waals surface area contributed by atoms with Crippen molar-refractivity contribution in [2.75, 3.05) is 19.6 Å². The third-order valence-corrected chi connectivity index (χ3v) is 4.68. The molecule has 2 heterocycles. The van der Waals surface area contributed by atoms with Gasteiger partial charge < -0.3 is 9.88 Å². The van der Waals surface area contributed by atoms with Crippen LogP contribution in [0.25, 0.3) is 0 Å². The fraction of sp³-hybridized carbons (Fsp3) is 0.438. The first-order valence-corrected chi connectivity index (χ1v) is 8.11. The van der Waals surface area contributed by atoms with Crippen molar-refractivity contribution >= 4 is 15.9 Å². The lowest BCUT2D eigenvalue weighted by atomic mass is 10.1. The van der Waals surface area contributed by atoms with Gasteiger partial charge in [-0.3, -0.25) is 4.90 Å². The number of hydrogen-bond acceptors (Lipinski definition) is 3. The number of imidazole rings is 1. The summed E-state index contributed by atoms with van der Waals surface area (Å²) < 4.78 is 3.27. The zero-order valence-corrected chi connectivity index (χ0v) is 14.1. The Labute approximate surface area is 134 Å². The lowest BCUT2D eigenvalue weighted by Crippen LogP contribution is -2.46. The highest BCUT2D eigenvalue weighted by atomic mass is 79.9. The van der Waals surface area contributed by atoms with E-state index in [9.17, 15) is 0 Å². The molecule has 4 nitrogen and oxygen atoms in total. The number of aromatic nitrogens is 2. The number of nitrogens with one attached hydrogen (secondary N) is 1. The first-order valence-electron chi connectivity index (χ1n) is 7.32. The van der Waals surface area contributed by atoms with Gasteiger partial charge in [-0.15, -0.1) is 0 Å². The number of benzene rings is 1. The van der Waals surface area contributed by atoms with Crippen LogP contribution in [0.2, 0.25) is 0 Å². The molecule has 5 heteroatoms. The third-order valence-electron chi connectivity index (χ3n) is 4.19. The fourth-order valence-electron chi connectivity index (χ4n) is 2.94. The molecule has 1 atom stereocenters. The standard InChI is InChI=1S/C16H21BrN4/c1-12-9-14(17)4-3-13(12)11-21-8-5-18-10-15(21)16-19-6-7-20(16)2/h3-4,6-7,9,15,18H,5,8,10-11H2,1-2H3. The molecule has 0 spiro atoms. The molecule has 0 saturated carbocycles. The van der Waals surface area contributed by atoms with E-state index in [1.54, 1.807) is 0 Å². The van der Waals surface area contributed by atoms with E-state index >= 15 is 0 Å². The maximum atomic E-state index is 4.54. The maximum Gasteiger partial charge on any atom is 0.127 e. The van der Waals surface area contributed by atoms with Gasteiger partial charge in [0.25, 0.3) is 0 Å². The van der Waals surface area contributed by atoms with Crippen LogP contribution >= 0.6 is 15.9 Å². The van der Waals surface area contributed by atoms with Gasteiger partial charge in [-0.25, -0.2) is 4.98 Å². The predicted octanol–water partition coefficient (Wildman–Crippen LogP) is 2.64.